The number of hydrogen-bond acceptors (Lipinski definition) is 6. The number of carbonyl (C=O) groups excluding carboxylic acids is 1. The fraction of sp³-hybridized carbons (Fsp3) is 0.320. The predicted octanol–water partition coefficient (Wildman–Crippen LogP) is 4.02. The fourth-order valence-corrected chi connectivity index (χ4v) is 5.30. The third-order valence-electron chi connectivity index (χ3n) is 5.42. The van der Waals surface area contributed by atoms with Gasteiger partial charge in [-0.05, 0) is 60.0 Å². The molecule has 1 aliphatic heterocycles. The van der Waals surface area contributed by atoms with Crippen molar-refractivity contribution in [2.24, 2.45) is 5.92 Å². The first-order chi connectivity index (χ1) is 16.7. The maximum absolute atomic E-state index is 13.5. The standard InChI is InChI=1S/C25H27FN2O6S/c1-18(2)13-28(35(30,31)22-8-6-20(26)7-9-22)16-25(29)27(15-21-4-3-11-32-21)14-19-5-10-23-24(12-19)34-17-33-23/h3-12,18H,13-17H2,1-2H3. The molecule has 0 bridgehead atoms. The SMILES string of the molecule is CC(C)CN(CC(=O)N(Cc1ccc2c(c1)OCO2)Cc1ccco1)S(=O)(=O)c1ccc(F)cc1. The number of halogens is 1. The minimum Gasteiger partial charge on any atom is -0.467 e. The summed E-state index contributed by atoms with van der Waals surface area (Å²) >= 11 is 0. The molecule has 3 aromatic rings. The molecule has 0 spiro atoms. The van der Waals surface area contributed by atoms with E-state index in [9.17, 15) is 17.6 Å². The monoisotopic (exact) mass is 502 g/mol. The molecule has 8 nitrogen and oxygen atoms in total. The number of ether oxygens (including phenoxy) is 2. The summed E-state index contributed by atoms with van der Waals surface area (Å²) in [5, 5.41) is 0. The molecule has 10 heteroatoms. The van der Waals surface area contributed by atoms with Crippen LogP contribution in [0.5, 0.6) is 11.5 Å². The number of carbonyl (C=O) groups is 1. The Kier molecular flexibility index (Phi) is 7.42. The van der Waals surface area contributed by atoms with Crippen molar-refractivity contribution < 1.29 is 31.5 Å². The molecule has 2 aromatic carbocycles. The van der Waals surface area contributed by atoms with E-state index in [0.717, 1.165) is 22.0 Å². The Hall–Kier alpha value is -3.37. The second-order valence-corrected chi connectivity index (χ2v) is 10.6. The van der Waals surface area contributed by atoms with Gasteiger partial charge in [-0.2, -0.15) is 4.31 Å². The third-order valence-corrected chi connectivity index (χ3v) is 7.25. The van der Waals surface area contributed by atoms with Crippen LogP contribution in [0, 0.1) is 11.7 Å². The topological polar surface area (TPSA) is 89.3 Å². The van der Waals surface area contributed by atoms with E-state index in [2.05, 4.69) is 0 Å². The van der Waals surface area contributed by atoms with Gasteiger partial charge >= 0.3 is 0 Å². The van der Waals surface area contributed by atoms with Gasteiger partial charge in [0, 0.05) is 13.1 Å². The molecule has 186 valence electrons. The van der Waals surface area contributed by atoms with Crippen molar-refractivity contribution in [1.29, 1.82) is 0 Å². The molecular weight excluding hydrogens is 475 g/mol. The average Bonchev–Trinajstić information content (AvgIpc) is 3.49. The maximum atomic E-state index is 13.5. The maximum Gasteiger partial charge on any atom is 0.243 e. The van der Waals surface area contributed by atoms with Gasteiger partial charge in [0.05, 0.1) is 24.2 Å². The molecule has 0 radical (unpaired) electrons. The second-order valence-electron chi connectivity index (χ2n) is 8.66. The average molecular weight is 503 g/mol. The largest absolute Gasteiger partial charge is 0.467 e. The molecule has 1 aliphatic rings. The first kappa shape index (κ1) is 24.7. The van der Waals surface area contributed by atoms with E-state index in [4.69, 9.17) is 13.9 Å². The Morgan fingerprint density at radius 1 is 1.03 bits per heavy atom. The molecule has 35 heavy (non-hydrogen) atoms. The lowest BCUT2D eigenvalue weighted by Crippen LogP contribution is -2.43. The molecule has 1 aromatic heterocycles. The summed E-state index contributed by atoms with van der Waals surface area (Å²) in [6, 6.07) is 13.5. The van der Waals surface area contributed by atoms with Crippen molar-refractivity contribution in [2.45, 2.75) is 31.8 Å². The summed E-state index contributed by atoms with van der Waals surface area (Å²) in [6.45, 7) is 4.00. The lowest BCUT2D eigenvalue weighted by Gasteiger charge is -2.28. The molecule has 4 rings (SSSR count). The van der Waals surface area contributed by atoms with Gasteiger partial charge < -0.3 is 18.8 Å². The zero-order valence-electron chi connectivity index (χ0n) is 19.5. The highest BCUT2D eigenvalue weighted by Crippen LogP contribution is 2.33. The number of nitrogens with zero attached hydrogens (tertiary/aromatic N) is 2. The van der Waals surface area contributed by atoms with Crippen molar-refractivity contribution in [2.75, 3.05) is 19.9 Å². The highest BCUT2D eigenvalue weighted by molar-refractivity contribution is 7.89. The number of amides is 1. The fourth-order valence-electron chi connectivity index (χ4n) is 3.74. The molecule has 0 saturated heterocycles. The summed E-state index contributed by atoms with van der Waals surface area (Å²) in [5.74, 6) is 0.815. The van der Waals surface area contributed by atoms with Gasteiger partial charge in [-0.25, -0.2) is 12.8 Å². The number of furan rings is 1. The summed E-state index contributed by atoms with van der Waals surface area (Å²) in [4.78, 5) is 15.0. The van der Waals surface area contributed by atoms with Crippen LogP contribution >= 0.6 is 0 Å². The minimum atomic E-state index is -4.03. The lowest BCUT2D eigenvalue weighted by molar-refractivity contribution is -0.133. The molecular formula is C25H27FN2O6S. The van der Waals surface area contributed by atoms with Gasteiger partial charge in [0.15, 0.2) is 11.5 Å². The molecule has 0 aliphatic carbocycles. The predicted molar refractivity (Wildman–Crippen MR) is 126 cm³/mol. The number of rotatable bonds is 10. The molecule has 2 heterocycles. The van der Waals surface area contributed by atoms with Crippen molar-refractivity contribution in [3.8, 4) is 11.5 Å². The Bertz CT molecular complexity index is 1260. The summed E-state index contributed by atoms with van der Waals surface area (Å²) < 4.78 is 57.4. The second kappa shape index (κ2) is 10.5. The van der Waals surface area contributed by atoms with Crippen molar-refractivity contribution in [1.82, 2.24) is 9.21 Å². The van der Waals surface area contributed by atoms with Crippen LogP contribution in [0.1, 0.15) is 25.2 Å². The van der Waals surface area contributed by atoms with E-state index in [-0.39, 0.29) is 43.8 Å². The normalized spacial score (nSPS) is 12.9. The van der Waals surface area contributed by atoms with Gasteiger partial charge in [-0.15, -0.1) is 0 Å². The van der Waals surface area contributed by atoms with E-state index in [0.29, 0.717) is 17.3 Å². The minimum absolute atomic E-state index is 0.0367. The first-order valence-corrected chi connectivity index (χ1v) is 12.6. The van der Waals surface area contributed by atoms with Crippen LogP contribution in [0.4, 0.5) is 4.39 Å². The van der Waals surface area contributed by atoms with E-state index in [1.165, 1.54) is 23.3 Å². The highest BCUT2D eigenvalue weighted by Gasteiger charge is 2.30. The van der Waals surface area contributed by atoms with Crippen molar-refractivity contribution in [3.05, 3.63) is 78.0 Å². The molecule has 0 N–H and O–H groups in total. The molecule has 0 fully saturated rings. The Labute approximate surface area is 203 Å². The third kappa shape index (κ3) is 6.01. The van der Waals surface area contributed by atoms with Crippen LogP contribution in [-0.4, -0.2) is 43.4 Å². The van der Waals surface area contributed by atoms with E-state index >= 15 is 0 Å². The molecule has 1 amide bonds. The summed E-state index contributed by atoms with van der Waals surface area (Å²) in [5.41, 5.74) is 0.797. The quantitative estimate of drug-likeness (QED) is 0.416. The number of fused-ring (bicyclic) bond motifs is 1. The first-order valence-electron chi connectivity index (χ1n) is 11.2. The molecule has 0 atom stereocenters. The van der Waals surface area contributed by atoms with Crippen molar-refractivity contribution >= 4 is 15.9 Å². The lowest BCUT2D eigenvalue weighted by atomic mass is 10.2. The number of sulfonamides is 1. The van der Waals surface area contributed by atoms with Crippen LogP contribution in [0.2, 0.25) is 0 Å². The number of benzene rings is 2. The molecule has 0 unspecified atom stereocenters. The summed E-state index contributed by atoms with van der Waals surface area (Å²) in [6.07, 6.45) is 1.52. The zero-order valence-corrected chi connectivity index (χ0v) is 20.3. The Balaban J connectivity index is 1.59. The van der Waals surface area contributed by atoms with E-state index in [1.807, 2.05) is 19.9 Å². The number of hydrogen-bond donors (Lipinski definition) is 0. The van der Waals surface area contributed by atoms with Crippen LogP contribution in [0.15, 0.2) is 70.2 Å². The van der Waals surface area contributed by atoms with Gasteiger partial charge in [0.25, 0.3) is 0 Å². The highest BCUT2D eigenvalue weighted by atomic mass is 32.2. The van der Waals surface area contributed by atoms with Gasteiger partial charge in [0.1, 0.15) is 11.6 Å². The Morgan fingerprint density at radius 2 is 1.77 bits per heavy atom. The van der Waals surface area contributed by atoms with Gasteiger partial charge in [-0.1, -0.05) is 19.9 Å². The van der Waals surface area contributed by atoms with E-state index in [1.54, 1.807) is 24.3 Å². The van der Waals surface area contributed by atoms with Crippen LogP contribution in [0.3, 0.4) is 0 Å². The molecule has 0 saturated carbocycles. The van der Waals surface area contributed by atoms with Crippen LogP contribution in [-0.2, 0) is 27.9 Å². The van der Waals surface area contributed by atoms with E-state index < -0.39 is 21.7 Å². The zero-order chi connectivity index (χ0) is 25.0. The van der Waals surface area contributed by atoms with Crippen LogP contribution in [0.25, 0.3) is 0 Å². The Morgan fingerprint density at radius 3 is 2.46 bits per heavy atom. The smallest absolute Gasteiger partial charge is 0.243 e. The van der Waals surface area contributed by atoms with Gasteiger partial charge in [0.2, 0.25) is 22.7 Å². The van der Waals surface area contributed by atoms with Crippen molar-refractivity contribution in [3.63, 3.8) is 0 Å². The summed E-state index contributed by atoms with van der Waals surface area (Å²) in [7, 11) is -4.03. The van der Waals surface area contributed by atoms with Crippen LogP contribution < -0.4 is 9.47 Å². The van der Waals surface area contributed by atoms with Gasteiger partial charge in [-0.3, -0.25) is 4.79 Å².